The molecule has 2 saturated heterocycles. The van der Waals surface area contributed by atoms with Crippen LogP contribution in [0.2, 0.25) is 0 Å². The van der Waals surface area contributed by atoms with E-state index >= 15 is 0 Å². The highest BCUT2D eigenvalue weighted by Gasteiger charge is 2.56. The fourth-order valence-electron chi connectivity index (χ4n) is 3.61. The van der Waals surface area contributed by atoms with Crippen LogP contribution in [-0.4, -0.2) is 64.0 Å². The lowest BCUT2D eigenvalue weighted by Gasteiger charge is -2.42. The predicted molar refractivity (Wildman–Crippen MR) is 77.7 cm³/mol. The SMILES string of the molecule is CN1CC[C@@]2(CN(C(=O)Cc3ccn(C)n3)CC(F)(F)C2)C1=O. The van der Waals surface area contributed by atoms with Crippen molar-refractivity contribution in [3.8, 4) is 0 Å². The van der Waals surface area contributed by atoms with Gasteiger partial charge in [0.1, 0.15) is 0 Å². The van der Waals surface area contributed by atoms with Gasteiger partial charge in [0.15, 0.2) is 0 Å². The zero-order valence-electron chi connectivity index (χ0n) is 13.3. The number of carbonyl (C=O) groups excluding carboxylic acids is 2. The number of rotatable bonds is 2. The van der Waals surface area contributed by atoms with E-state index in [9.17, 15) is 18.4 Å². The highest BCUT2D eigenvalue weighted by molar-refractivity contribution is 5.86. The number of likely N-dealkylation sites (tertiary alicyclic amines) is 2. The Morgan fingerprint density at radius 3 is 2.65 bits per heavy atom. The molecule has 0 unspecified atom stereocenters. The smallest absolute Gasteiger partial charge is 0.266 e. The van der Waals surface area contributed by atoms with Crippen LogP contribution in [0.3, 0.4) is 0 Å². The number of amides is 2. The number of halogens is 2. The number of hydrogen-bond acceptors (Lipinski definition) is 3. The molecule has 6 nitrogen and oxygen atoms in total. The summed E-state index contributed by atoms with van der Waals surface area (Å²) in [4.78, 5) is 27.4. The summed E-state index contributed by atoms with van der Waals surface area (Å²) in [6.45, 7) is -0.105. The lowest BCUT2D eigenvalue weighted by molar-refractivity contribution is -0.162. The summed E-state index contributed by atoms with van der Waals surface area (Å²) in [6.07, 6.45) is 1.56. The topological polar surface area (TPSA) is 58.4 Å². The highest BCUT2D eigenvalue weighted by atomic mass is 19.3. The predicted octanol–water partition coefficient (Wildman–Crippen LogP) is 0.679. The second-order valence-corrected chi connectivity index (χ2v) is 6.70. The maximum atomic E-state index is 14.2. The first kappa shape index (κ1) is 15.9. The molecule has 0 bridgehead atoms. The molecular formula is C15H20F2N4O2. The van der Waals surface area contributed by atoms with Crippen LogP contribution in [-0.2, 0) is 23.1 Å². The maximum Gasteiger partial charge on any atom is 0.266 e. The van der Waals surface area contributed by atoms with Crippen LogP contribution in [0.5, 0.6) is 0 Å². The Labute approximate surface area is 133 Å². The van der Waals surface area contributed by atoms with Gasteiger partial charge in [-0.1, -0.05) is 0 Å². The Hall–Kier alpha value is -1.99. The number of carbonyl (C=O) groups is 2. The summed E-state index contributed by atoms with van der Waals surface area (Å²) in [6, 6.07) is 1.68. The largest absolute Gasteiger partial charge is 0.345 e. The number of piperidine rings is 1. The summed E-state index contributed by atoms with van der Waals surface area (Å²) in [7, 11) is 3.34. The number of nitrogens with zero attached hydrogens (tertiary/aromatic N) is 4. The quantitative estimate of drug-likeness (QED) is 0.803. The van der Waals surface area contributed by atoms with Crippen LogP contribution in [0.15, 0.2) is 12.3 Å². The molecule has 0 aliphatic carbocycles. The molecule has 0 N–H and O–H groups in total. The third-order valence-electron chi connectivity index (χ3n) is 4.69. The van der Waals surface area contributed by atoms with E-state index in [0.717, 1.165) is 4.90 Å². The average Bonchev–Trinajstić information content (AvgIpc) is 2.97. The van der Waals surface area contributed by atoms with E-state index < -0.39 is 30.2 Å². The van der Waals surface area contributed by atoms with Gasteiger partial charge in [-0.3, -0.25) is 14.3 Å². The van der Waals surface area contributed by atoms with Crippen LogP contribution >= 0.6 is 0 Å². The Balaban J connectivity index is 1.79. The van der Waals surface area contributed by atoms with Gasteiger partial charge in [-0.2, -0.15) is 5.10 Å². The van der Waals surface area contributed by atoms with Gasteiger partial charge < -0.3 is 9.80 Å². The zero-order chi connectivity index (χ0) is 16.8. The van der Waals surface area contributed by atoms with Gasteiger partial charge in [-0.05, 0) is 12.5 Å². The van der Waals surface area contributed by atoms with Crippen molar-refractivity contribution >= 4 is 11.8 Å². The molecule has 1 aromatic rings. The van der Waals surface area contributed by atoms with Crippen LogP contribution in [0.1, 0.15) is 18.5 Å². The van der Waals surface area contributed by atoms with Gasteiger partial charge in [-0.25, -0.2) is 8.78 Å². The number of alkyl halides is 2. The normalized spacial score (nSPS) is 27.0. The monoisotopic (exact) mass is 326 g/mol. The van der Waals surface area contributed by atoms with E-state index in [4.69, 9.17) is 0 Å². The Bertz CT molecular complexity index is 645. The zero-order valence-corrected chi connectivity index (χ0v) is 13.3. The van der Waals surface area contributed by atoms with Crippen molar-refractivity contribution < 1.29 is 18.4 Å². The second kappa shape index (κ2) is 5.28. The molecule has 2 fully saturated rings. The fourth-order valence-corrected chi connectivity index (χ4v) is 3.61. The second-order valence-electron chi connectivity index (χ2n) is 6.70. The Morgan fingerprint density at radius 1 is 1.35 bits per heavy atom. The summed E-state index contributed by atoms with van der Waals surface area (Å²) >= 11 is 0. The minimum absolute atomic E-state index is 0.0307. The molecule has 1 atom stereocenters. The molecule has 8 heteroatoms. The highest BCUT2D eigenvalue weighted by Crippen LogP contribution is 2.45. The third kappa shape index (κ3) is 2.94. The molecular weight excluding hydrogens is 306 g/mol. The molecule has 1 spiro atoms. The van der Waals surface area contributed by atoms with Crippen molar-refractivity contribution in [1.29, 1.82) is 0 Å². The summed E-state index contributed by atoms with van der Waals surface area (Å²) in [5.74, 6) is -3.74. The van der Waals surface area contributed by atoms with Gasteiger partial charge in [0.2, 0.25) is 11.8 Å². The molecule has 126 valence electrons. The summed E-state index contributed by atoms with van der Waals surface area (Å²) < 4.78 is 29.9. The van der Waals surface area contributed by atoms with Gasteiger partial charge in [0.05, 0.1) is 24.1 Å². The first-order valence-electron chi connectivity index (χ1n) is 7.61. The van der Waals surface area contributed by atoms with Crippen molar-refractivity contribution in [3.63, 3.8) is 0 Å². The van der Waals surface area contributed by atoms with Crippen LogP contribution in [0, 0.1) is 5.41 Å². The molecule has 2 aliphatic heterocycles. The van der Waals surface area contributed by atoms with Gasteiger partial charge >= 0.3 is 0 Å². The van der Waals surface area contributed by atoms with Crippen molar-refractivity contribution in [1.82, 2.24) is 19.6 Å². The molecule has 1 aromatic heterocycles. The summed E-state index contributed by atoms with van der Waals surface area (Å²) in [5, 5.41) is 4.10. The van der Waals surface area contributed by atoms with E-state index in [1.54, 1.807) is 31.0 Å². The minimum atomic E-state index is -3.04. The first-order valence-corrected chi connectivity index (χ1v) is 7.61. The lowest BCUT2D eigenvalue weighted by Crippen LogP contribution is -2.57. The third-order valence-corrected chi connectivity index (χ3v) is 4.69. The Morgan fingerprint density at radius 2 is 2.09 bits per heavy atom. The van der Waals surface area contributed by atoms with Gasteiger partial charge in [0, 0.05) is 39.8 Å². The molecule has 3 rings (SSSR count). The van der Waals surface area contributed by atoms with Gasteiger partial charge in [-0.15, -0.1) is 0 Å². The molecule has 2 amide bonds. The molecule has 3 heterocycles. The maximum absolute atomic E-state index is 14.2. The molecule has 2 aliphatic rings. The lowest BCUT2D eigenvalue weighted by atomic mass is 9.77. The molecule has 23 heavy (non-hydrogen) atoms. The van der Waals surface area contributed by atoms with Crippen LogP contribution < -0.4 is 0 Å². The molecule has 0 aromatic carbocycles. The first-order chi connectivity index (χ1) is 10.7. The van der Waals surface area contributed by atoms with E-state index in [-0.39, 0.29) is 18.9 Å². The summed E-state index contributed by atoms with van der Waals surface area (Å²) in [5.41, 5.74) is -0.605. The van der Waals surface area contributed by atoms with E-state index in [1.165, 1.54) is 4.90 Å². The van der Waals surface area contributed by atoms with Crippen LogP contribution in [0.25, 0.3) is 0 Å². The van der Waals surface area contributed by atoms with Crippen molar-refractivity contribution in [2.45, 2.75) is 25.2 Å². The van der Waals surface area contributed by atoms with Crippen molar-refractivity contribution in [2.24, 2.45) is 12.5 Å². The van der Waals surface area contributed by atoms with E-state index in [0.29, 0.717) is 18.7 Å². The fraction of sp³-hybridized carbons (Fsp3) is 0.667. The minimum Gasteiger partial charge on any atom is -0.345 e. The van der Waals surface area contributed by atoms with E-state index in [2.05, 4.69) is 5.10 Å². The molecule has 0 saturated carbocycles. The van der Waals surface area contributed by atoms with Gasteiger partial charge in [0.25, 0.3) is 5.92 Å². The average molecular weight is 326 g/mol. The number of aromatic nitrogens is 2. The number of hydrogen-bond donors (Lipinski definition) is 0. The molecule has 0 radical (unpaired) electrons. The standard InChI is InChI=1S/C15H20F2N4O2/c1-19-6-4-14(13(19)23)8-15(16,17)10-21(9-14)12(22)7-11-3-5-20(2)18-11/h3,5H,4,6-10H2,1-2H3/t14-/m1/s1. The van der Waals surface area contributed by atoms with Crippen molar-refractivity contribution in [3.05, 3.63) is 18.0 Å². The van der Waals surface area contributed by atoms with E-state index in [1.807, 2.05) is 0 Å². The van der Waals surface area contributed by atoms with Crippen molar-refractivity contribution in [2.75, 3.05) is 26.7 Å². The Kier molecular flexibility index (Phi) is 3.65. The van der Waals surface area contributed by atoms with Crippen LogP contribution in [0.4, 0.5) is 8.78 Å². The number of aryl methyl sites for hydroxylation is 1.